The molecule has 2 unspecified atom stereocenters. The summed E-state index contributed by atoms with van der Waals surface area (Å²) in [5.41, 5.74) is 0. The predicted molar refractivity (Wildman–Crippen MR) is 227 cm³/mol. The topological polar surface area (TPSA) is 95.9 Å². The number of unbranched alkanes of at least 4 members (excludes halogenated alkanes) is 30. The van der Waals surface area contributed by atoms with Crippen molar-refractivity contribution in [3.8, 4) is 0 Å². The molecule has 0 radical (unpaired) electrons. The zero-order valence-corrected chi connectivity index (χ0v) is 35.5. The fourth-order valence-electron chi connectivity index (χ4n) is 7.16. The first kappa shape index (κ1) is 51.6. The molecule has 53 heavy (non-hydrogen) atoms. The Morgan fingerprint density at radius 2 is 0.887 bits per heavy atom. The SMILES string of the molecule is CCCCCCCCC/C=C\CCCCCCCC(=O)OCCCCCCCCCCCCC(=O)NC(CO)C(O)CCCCCCCCCCCC. The van der Waals surface area contributed by atoms with E-state index in [1.165, 1.54) is 161 Å². The molecule has 0 bridgehead atoms. The highest BCUT2D eigenvalue weighted by molar-refractivity contribution is 5.76. The van der Waals surface area contributed by atoms with Crippen molar-refractivity contribution < 1.29 is 24.5 Å². The van der Waals surface area contributed by atoms with Gasteiger partial charge >= 0.3 is 5.97 Å². The molecule has 1 amide bonds. The average molecular weight is 750 g/mol. The number of aliphatic hydroxyl groups is 2. The monoisotopic (exact) mass is 750 g/mol. The lowest BCUT2D eigenvalue weighted by molar-refractivity contribution is -0.143. The first-order chi connectivity index (χ1) is 26.0. The maximum atomic E-state index is 12.4. The fourth-order valence-corrected chi connectivity index (χ4v) is 7.16. The predicted octanol–water partition coefficient (Wildman–Crippen LogP) is 13.4. The van der Waals surface area contributed by atoms with Crippen LogP contribution in [0.2, 0.25) is 0 Å². The Kier molecular flexibility index (Phi) is 42.2. The molecule has 0 aromatic rings. The second-order valence-electron chi connectivity index (χ2n) is 16.1. The molecule has 0 aromatic heterocycles. The zero-order chi connectivity index (χ0) is 38.7. The minimum Gasteiger partial charge on any atom is -0.466 e. The van der Waals surface area contributed by atoms with E-state index in [0.717, 1.165) is 57.8 Å². The smallest absolute Gasteiger partial charge is 0.305 e. The molecular formula is C47H91NO5. The Bertz CT molecular complexity index is 787. The van der Waals surface area contributed by atoms with E-state index in [2.05, 4.69) is 31.3 Å². The Morgan fingerprint density at radius 1 is 0.509 bits per heavy atom. The highest BCUT2D eigenvalue weighted by atomic mass is 16.5. The van der Waals surface area contributed by atoms with Crippen LogP contribution < -0.4 is 5.32 Å². The summed E-state index contributed by atoms with van der Waals surface area (Å²) in [5.74, 6) is -0.0868. The number of hydrogen-bond acceptors (Lipinski definition) is 5. The van der Waals surface area contributed by atoms with Crippen LogP contribution in [0.15, 0.2) is 12.2 Å². The highest BCUT2D eigenvalue weighted by Crippen LogP contribution is 2.15. The summed E-state index contributed by atoms with van der Waals surface area (Å²) < 4.78 is 5.44. The number of carbonyl (C=O) groups excluding carboxylic acids is 2. The molecule has 0 rings (SSSR count). The van der Waals surface area contributed by atoms with Gasteiger partial charge in [-0.1, -0.05) is 199 Å². The quantitative estimate of drug-likeness (QED) is 0.0328. The van der Waals surface area contributed by atoms with E-state index in [1.807, 2.05) is 0 Å². The van der Waals surface area contributed by atoms with Gasteiger partial charge in [0.05, 0.1) is 25.4 Å². The number of nitrogens with one attached hydrogen (secondary N) is 1. The third-order valence-electron chi connectivity index (χ3n) is 10.8. The molecule has 314 valence electrons. The third-order valence-corrected chi connectivity index (χ3v) is 10.8. The lowest BCUT2D eigenvalue weighted by atomic mass is 10.0. The van der Waals surface area contributed by atoms with Crippen LogP contribution in [0.3, 0.4) is 0 Å². The van der Waals surface area contributed by atoms with E-state index < -0.39 is 12.1 Å². The number of hydrogen-bond donors (Lipinski definition) is 3. The second-order valence-corrected chi connectivity index (χ2v) is 16.1. The molecule has 6 heteroatoms. The molecule has 6 nitrogen and oxygen atoms in total. The van der Waals surface area contributed by atoms with E-state index in [4.69, 9.17) is 4.74 Å². The largest absolute Gasteiger partial charge is 0.466 e. The van der Waals surface area contributed by atoms with Crippen molar-refractivity contribution in [1.29, 1.82) is 0 Å². The summed E-state index contributed by atoms with van der Waals surface area (Å²) in [6.45, 7) is 4.87. The molecule has 0 heterocycles. The van der Waals surface area contributed by atoms with Gasteiger partial charge in [0.1, 0.15) is 0 Å². The van der Waals surface area contributed by atoms with Gasteiger partial charge in [0.2, 0.25) is 5.91 Å². The lowest BCUT2D eigenvalue weighted by Gasteiger charge is -2.22. The fraction of sp³-hybridized carbons (Fsp3) is 0.915. The van der Waals surface area contributed by atoms with Crippen LogP contribution in [0.25, 0.3) is 0 Å². The van der Waals surface area contributed by atoms with Crippen molar-refractivity contribution in [3.63, 3.8) is 0 Å². The van der Waals surface area contributed by atoms with Crippen molar-refractivity contribution in [2.24, 2.45) is 0 Å². The van der Waals surface area contributed by atoms with Crippen molar-refractivity contribution in [3.05, 3.63) is 12.2 Å². The Morgan fingerprint density at radius 3 is 1.34 bits per heavy atom. The number of aliphatic hydroxyl groups excluding tert-OH is 2. The molecule has 0 spiro atoms. The normalized spacial score (nSPS) is 12.8. The molecule has 2 atom stereocenters. The van der Waals surface area contributed by atoms with E-state index in [1.54, 1.807) is 0 Å². The summed E-state index contributed by atoms with van der Waals surface area (Å²) in [5, 5.41) is 23.0. The summed E-state index contributed by atoms with van der Waals surface area (Å²) in [4.78, 5) is 24.4. The van der Waals surface area contributed by atoms with E-state index in [9.17, 15) is 19.8 Å². The van der Waals surface area contributed by atoms with Crippen LogP contribution in [0, 0.1) is 0 Å². The van der Waals surface area contributed by atoms with Crippen molar-refractivity contribution in [2.75, 3.05) is 13.2 Å². The van der Waals surface area contributed by atoms with Crippen LogP contribution in [-0.2, 0) is 14.3 Å². The molecule has 0 fully saturated rings. The van der Waals surface area contributed by atoms with Crippen LogP contribution in [0.4, 0.5) is 0 Å². The molecular weight excluding hydrogens is 659 g/mol. The first-order valence-corrected chi connectivity index (χ1v) is 23.4. The summed E-state index contributed by atoms with van der Waals surface area (Å²) in [6.07, 6.45) is 47.4. The second kappa shape index (κ2) is 43.3. The maximum absolute atomic E-state index is 12.4. The minimum absolute atomic E-state index is 0.0267. The molecule has 0 aliphatic rings. The number of amides is 1. The zero-order valence-electron chi connectivity index (χ0n) is 35.5. The van der Waals surface area contributed by atoms with Crippen LogP contribution in [0.1, 0.15) is 251 Å². The van der Waals surface area contributed by atoms with Crippen LogP contribution >= 0.6 is 0 Å². The van der Waals surface area contributed by atoms with E-state index in [-0.39, 0.29) is 18.5 Å². The minimum atomic E-state index is -0.676. The van der Waals surface area contributed by atoms with Crippen molar-refractivity contribution in [1.82, 2.24) is 5.32 Å². The first-order valence-electron chi connectivity index (χ1n) is 23.4. The Hall–Kier alpha value is -1.40. The van der Waals surface area contributed by atoms with Crippen LogP contribution in [0.5, 0.6) is 0 Å². The maximum Gasteiger partial charge on any atom is 0.305 e. The van der Waals surface area contributed by atoms with Crippen molar-refractivity contribution >= 4 is 11.9 Å². The van der Waals surface area contributed by atoms with Gasteiger partial charge in [-0.05, 0) is 51.4 Å². The number of carbonyl (C=O) groups is 2. The standard InChI is InChI=1S/C47H91NO5/c1-3-5-7-9-11-13-15-16-17-18-19-20-25-29-33-37-41-47(52)53-42-38-34-30-26-22-21-24-28-32-36-40-46(51)48-44(43-49)45(50)39-35-31-27-23-14-12-10-8-6-4-2/h17-18,44-45,49-50H,3-16,19-43H2,1-2H3,(H,48,51)/b18-17-. The molecule has 3 N–H and O–H groups in total. The molecule has 0 aliphatic carbocycles. The van der Waals surface area contributed by atoms with Gasteiger partial charge in [-0.2, -0.15) is 0 Å². The number of ether oxygens (including phenoxy) is 1. The van der Waals surface area contributed by atoms with Gasteiger partial charge in [-0.25, -0.2) is 0 Å². The molecule has 0 saturated heterocycles. The van der Waals surface area contributed by atoms with Gasteiger partial charge in [0.15, 0.2) is 0 Å². The number of allylic oxidation sites excluding steroid dienone is 2. The summed E-state index contributed by atoms with van der Waals surface area (Å²) in [7, 11) is 0. The van der Waals surface area contributed by atoms with Crippen LogP contribution in [-0.4, -0.2) is 47.4 Å². The Labute approximate surface area is 329 Å². The molecule has 0 saturated carbocycles. The van der Waals surface area contributed by atoms with E-state index in [0.29, 0.717) is 25.9 Å². The number of rotatable bonds is 43. The van der Waals surface area contributed by atoms with Gasteiger partial charge in [0, 0.05) is 12.8 Å². The molecule has 0 aliphatic heterocycles. The lowest BCUT2D eigenvalue weighted by Crippen LogP contribution is -2.45. The van der Waals surface area contributed by atoms with Crippen molar-refractivity contribution in [2.45, 2.75) is 264 Å². The van der Waals surface area contributed by atoms with E-state index >= 15 is 0 Å². The summed E-state index contributed by atoms with van der Waals surface area (Å²) >= 11 is 0. The highest BCUT2D eigenvalue weighted by Gasteiger charge is 2.20. The van der Waals surface area contributed by atoms with Gasteiger partial charge in [0.25, 0.3) is 0 Å². The third kappa shape index (κ3) is 40.1. The van der Waals surface area contributed by atoms with Gasteiger partial charge in [-0.15, -0.1) is 0 Å². The van der Waals surface area contributed by atoms with Gasteiger partial charge in [-0.3, -0.25) is 9.59 Å². The average Bonchev–Trinajstić information content (AvgIpc) is 3.16. The van der Waals surface area contributed by atoms with Gasteiger partial charge < -0.3 is 20.3 Å². The Balaban J connectivity index is 3.46. The summed E-state index contributed by atoms with van der Waals surface area (Å²) in [6, 6.07) is -0.556. The molecule has 0 aromatic carbocycles. The number of esters is 1.